The Morgan fingerprint density at radius 1 is 1.40 bits per heavy atom. The van der Waals surface area contributed by atoms with Gasteiger partial charge in [-0.25, -0.2) is 0 Å². The molecule has 1 aromatic carbocycles. The van der Waals surface area contributed by atoms with Crippen molar-refractivity contribution in [3.05, 3.63) is 47.6 Å². The molecule has 1 saturated heterocycles. The average Bonchev–Trinajstić information content (AvgIpc) is 3.14. The highest BCUT2D eigenvalue weighted by atomic mass is 16.5. The van der Waals surface area contributed by atoms with E-state index in [2.05, 4.69) is 15.5 Å². The smallest absolute Gasteiger partial charge is 0.228 e. The molecule has 0 radical (unpaired) electrons. The topological polar surface area (TPSA) is 60.2 Å². The summed E-state index contributed by atoms with van der Waals surface area (Å²) in [6, 6.07) is 10.4. The molecule has 1 aliphatic heterocycles. The molecule has 5 heteroatoms. The molecule has 2 unspecified atom stereocenters. The largest absolute Gasteiger partial charge is 0.369 e. The van der Waals surface area contributed by atoms with Gasteiger partial charge in [-0.3, -0.25) is 0 Å². The summed E-state index contributed by atoms with van der Waals surface area (Å²) >= 11 is 0. The Morgan fingerprint density at radius 2 is 2.25 bits per heavy atom. The van der Waals surface area contributed by atoms with E-state index in [0.29, 0.717) is 17.8 Å². The normalized spacial score (nSPS) is 20.1. The third-order valence-electron chi connectivity index (χ3n) is 3.64. The minimum atomic E-state index is -0.273. The molecule has 0 bridgehead atoms. The zero-order chi connectivity index (χ0) is 13.8. The van der Waals surface area contributed by atoms with Crippen molar-refractivity contribution >= 4 is 0 Å². The number of nitrogens with zero attached hydrogens (tertiary/aromatic N) is 2. The highest BCUT2D eigenvalue weighted by Gasteiger charge is 2.22. The van der Waals surface area contributed by atoms with Crippen LogP contribution < -0.4 is 5.32 Å². The van der Waals surface area contributed by atoms with Crippen LogP contribution in [0.2, 0.25) is 0 Å². The molecule has 2 aromatic rings. The predicted molar refractivity (Wildman–Crippen MR) is 74.3 cm³/mol. The fraction of sp³-hybridized carbons (Fsp3) is 0.467. The molecule has 0 aliphatic carbocycles. The van der Waals surface area contributed by atoms with Crippen LogP contribution in [-0.4, -0.2) is 29.8 Å². The Morgan fingerprint density at radius 3 is 2.95 bits per heavy atom. The molecule has 5 nitrogen and oxygen atoms in total. The van der Waals surface area contributed by atoms with Gasteiger partial charge in [-0.05, 0) is 24.9 Å². The molecule has 2 heterocycles. The number of methoxy groups -OCH3 is 1. The molecule has 0 spiro atoms. The van der Waals surface area contributed by atoms with Crippen LogP contribution in [0.25, 0.3) is 0 Å². The maximum absolute atomic E-state index is 5.51. The molecule has 2 atom stereocenters. The van der Waals surface area contributed by atoms with Gasteiger partial charge in [0, 0.05) is 19.6 Å². The first-order valence-electron chi connectivity index (χ1n) is 7.00. The molecule has 20 heavy (non-hydrogen) atoms. The molecule has 1 aliphatic rings. The SMILES string of the molecule is COC(c1ccccc1)c1noc(CC2CCCN2)n1. The number of hydrogen-bond acceptors (Lipinski definition) is 5. The zero-order valence-corrected chi connectivity index (χ0v) is 11.6. The summed E-state index contributed by atoms with van der Waals surface area (Å²) in [4.78, 5) is 4.48. The van der Waals surface area contributed by atoms with Gasteiger partial charge in [0.2, 0.25) is 11.7 Å². The van der Waals surface area contributed by atoms with Crippen molar-refractivity contribution < 1.29 is 9.26 Å². The standard InChI is InChI=1S/C15H19N3O2/c1-19-14(11-6-3-2-4-7-11)15-17-13(20-18-15)10-12-8-5-9-16-12/h2-4,6-7,12,14,16H,5,8-10H2,1H3. The van der Waals surface area contributed by atoms with Crippen LogP contribution >= 0.6 is 0 Å². The van der Waals surface area contributed by atoms with Crippen molar-refractivity contribution in [2.45, 2.75) is 31.4 Å². The first-order chi connectivity index (χ1) is 9.86. The van der Waals surface area contributed by atoms with Crippen molar-refractivity contribution in [3.8, 4) is 0 Å². The highest BCUT2D eigenvalue weighted by molar-refractivity contribution is 5.22. The lowest BCUT2D eigenvalue weighted by molar-refractivity contribution is 0.126. The molecule has 106 valence electrons. The van der Waals surface area contributed by atoms with Gasteiger partial charge in [0.15, 0.2) is 0 Å². The molecule has 1 N–H and O–H groups in total. The van der Waals surface area contributed by atoms with Crippen LogP contribution in [-0.2, 0) is 11.2 Å². The van der Waals surface area contributed by atoms with Crippen LogP contribution in [0, 0.1) is 0 Å². The zero-order valence-electron chi connectivity index (χ0n) is 11.6. The summed E-state index contributed by atoms with van der Waals surface area (Å²) in [6.45, 7) is 1.08. The maximum Gasteiger partial charge on any atom is 0.228 e. The van der Waals surface area contributed by atoms with Gasteiger partial charge in [0.25, 0.3) is 0 Å². The Bertz CT molecular complexity index is 535. The van der Waals surface area contributed by atoms with Crippen molar-refractivity contribution in [2.24, 2.45) is 0 Å². The van der Waals surface area contributed by atoms with Crippen molar-refractivity contribution in [1.82, 2.24) is 15.5 Å². The molecular formula is C15H19N3O2. The Balaban J connectivity index is 1.74. The number of hydrogen-bond donors (Lipinski definition) is 1. The van der Waals surface area contributed by atoms with Gasteiger partial charge in [-0.15, -0.1) is 0 Å². The Hall–Kier alpha value is -1.72. The minimum Gasteiger partial charge on any atom is -0.369 e. The van der Waals surface area contributed by atoms with Gasteiger partial charge in [-0.2, -0.15) is 4.98 Å². The fourth-order valence-electron chi connectivity index (χ4n) is 2.62. The van der Waals surface area contributed by atoms with E-state index in [1.807, 2.05) is 30.3 Å². The maximum atomic E-state index is 5.51. The van der Waals surface area contributed by atoms with Crippen LogP contribution in [0.5, 0.6) is 0 Å². The van der Waals surface area contributed by atoms with Crippen molar-refractivity contribution in [2.75, 3.05) is 13.7 Å². The third kappa shape index (κ3) is 2.89. The van der Waals surface area contributed by atoms with E-state index in [4.69, 9.17) is 9.26 Å². The van der Waals surface area contributed by atoms with Gasteiger partial charge in [-0.1, -0.05) is 35.5 Å². The molecule has 1 fully saturated rings. The van der Waals surface area contributed by atoms with Gasteiger partial charge in [0.1, 0.15) is 6.10 Å². The lowest BCUT2D eigenvalue weighted by atomic mass is 10.1. The van der Waals surface area contributed by atoms with E-state index < -0.39 is 0 Å². The second-order valence-corrected chi connectivity index (χ2v) is 5.07. The summed E-state index contributed by atoms with van der Waals surface area (Å²) < 4.78 is 10.9. The van der Waals surface area contributed by atoms with Crippen LogP contribution in [0.1, 0.15) is 36.2 Å². The number of ether oxygens (including phenoxy) is 1. The molecule has 0 amide bonds. The second-order valence-electron chi connectivity index (χ2n) is 5.07. The Kier molecular flexibility index (Phi) is 4.08. The van der Waals surface area contributed by atoms with Gasteiger partial charge >= 0.3 is 0 Å². The molecule has 0 saturated carbocycles. The van der Waals surface area contributed by atoms with Crippen LogP contribution in [0.4, 0.5) is 0 Å². The first kappa shape index (κ1) is 13.3. The number of benzene rings is 1. The highest BCUT2D eigenvalue weighted by Crippen LogP contribution is 2.23. The van der Waals surface area contributed by atoms with E-state index in [0.717, 1.165) is 18.5 Å². The first-order valence-corrected chi connectivity index (χ1v) is 7.00. The van der Waals surface area contributed by atoms with Gasteiger partial charge < -0.3 is 14.6 Å². The number of nitrogens with one attached hydrogen (secondary N) is 1. The van der Waals surface area contributed by atoms with E-state index in [-0.39, 0.29) is 6.10 Å². The van der Waals surface area contributed by atoms with E-state index in [1.165, 1.54) is 12.8 Å². The van der Waals surface area contributed by atoms with Crippen LogP contribution in [0.15, 0.2) is 34.9 Å². The summed E-state index contributed by atoms with van der Waals surface area (Å²) in [6.07, 6.45) is 2.91. The summed E-state index contributed by atoms with van der Waals surface area (Å²) in [5.74, 6) is 1.27. The van der Waals surface area contributed by atoms with E-state index >= 15 is 0 Å². The average molecular weight is 273 g/mol. The summed E-state index contributed by atoms with van der Waals surface area (Å²) in [5.41, 5.74) is 1.03. The monoisotopic (exact) mass is 273 g/mol. The molecule has 1 aromatic heterocycles. The van der Waals surface area contributed by atoms with Crippen LogP contribution in [0.3, 0.4) is 0 Å². The lowest BCUT2D eigenvalue weighted by Gasteiger charge is -2.10. The van der Waals surface area contributed by atoms with Crippen molar-refractivity contribution in [3.63, 3.8) is 0 Å². The summed E-state index contributed by atoms with van der Waals surface area (Å²) in [7, 11) is 1.66. The molecular weight excluding hydrogens is 254 g/mol. The van der Waals surface area contributed by atoms with E-state index in [1.54, 1.807) is 7.11 Å². The number of aromatic nitrogens is 2. The Labute approximate surface area is 118 Å². The third-order valence-corrected chi connectivity index (χ3v) is 3.64. The summed E-state index contributed by atoms with van der Waals surface area (Å²) in [5, 5.41) is 7.50. The van der Waals surface area contributed by atoms with Crippen molar-refractivity contribution in [1.29, 1.82) is 0 Å². The lowest BCUT2D eigenvalue weighted by Crippen LogP contribution is -2.23. The minimum absolute atomic E-state index is 0.273. The van der Waals surface area contributed by atoms with E-state index in [9.17, 15) is 0 Å². The molecule has 3 rings (SSSR count). The van der Waals surface area contributed by atoms with Gasteiger partial charge in [0.05, 0.1) is 0 Å². The quantitative estimate of drug-likeness (QED) is 0.904. The number of rotatable bonds is 5. The predicted octanol–water partition coefficient (Wildman–Crippen LogP) is 2.10. The fourth-order valence-corrected chi connectivity index (χ4v) is 2.62. The second kappa shape index (κ2) is 6.15.